The highest BCUT2D eigenvalue weighted by atomic mass is 32.2. The maximum Gasteiger partial charge on any atom is 0.341 e. The lowest BCUT2D eigenvalue weighted by Gasteiger charge is -2.23. The predicted molar refractivity (Wildman–Crippen MR) is 128 cm³/mol. The Kier molecular flexibility index (Phi) is 7.44. The molecular formula is C25H22N4O5S. The van der Waals surface area contributed by atoms with E-state index >= 15 is 0 Å². The van der Waals surface area contributed by atoms with Crippen molar-refractivity contribution in [2.45, 2.75) is 18.0 Å². The van der Waals surface area contributed by atoms with E-state index in [1.165, 1.54) is 22.8 Å². The molecule has 2 heterocycles. The number of carboxylic acids is 1. The summed E-state index contributed by atoms with van der Waals surface area (Å²) < 4.78 is 33.6. The van der Waals surface area contributed by atoms with Crippen LogP contribution >= 0.6 is 0 Å². The number of sulfonamides is 1. The van der Waals surface area contributed by atoms with Crippen molar-refractivity contribution in [3.63, 3.8) is 0 Å². The molecule has 178 valence electrons. The molecule has 0 amide bonds. The molecule has 0 aliphatic rings. The topological polar surface area (TPSA) is 123 Å². The van der Waals surface area contributed by atoms with Crippen LogP contribution in [0.25, 0.3) is 11.4 Å². The summed E-state index contributed by atoms with van der Waals surface area (Å²) in [6.45, 7) is -0.336. The van der Waals surface area contributed by atoms with Gasteiger partial charge in [-0.2, -0.15) is 4.31 Å². The van der Waals surface area contributed by atoms with Crippen LogP contribution in [0.1, 0.15) is 11.1 Å². The average molecular weight is 491 g/mol. The molecule has 0 aliphatic carbocycles. The standard InChI is InChI=1S/C25H22N4O5S/c30-24(31)18-34-22-5-1-4-20(14-22)17-29(35(32,33)23-6-2-11-26-15-23)16-19-7-9-21(10-8-19)25-27-12-3-13-28-25/h1-15H,16-18H2,(H,30,31). The van der Waals surface area contributed by atoms with E-state index in [9.17, 15) is 13.2 Å². The molecule has 0 saturated heterocycles. The second-order valence-electron chi connectivity index (χ2n) is 7.56. The van der Waals surface area contributed by atoms with Crippen LogP contribution in [0.15, 0.2) is 96.4 Å². The smallest absolute Gasteiger partial charge is 0.341 e. The third-order valence-corrected chi connectivity index (χ3v) is 6.80. The maximum atomic E-state index is 13.5. The summed E-state index contributed by atoms with van der Waals surface area (Å²) in [6, 6.07) is 18.9. The molecule has 0 bridgehead atoms. The van der Waals surface area contributed by atoms with Crippen molar-refractivity contribution >= 4 is 16.0 Å². The molecule has 0 atom stereocenters. The Morgan fingerprint density at radius 1 is 0.886 bits per heavy atom. The molecule has 0 fully saturated rings. The molecule has 4 rings (SSSR count). The molecule has 35 heavy (non-hydrogen) atoms. The van der Waals surface area contributed by atoms with Crippen molar-refractivity contribution in [3.8, 4) is 17.1 Å². The largest absolute Gasteiger partial charge is 0.482 e. The van der Waals surface area contributed by atoms with Gasteiger partial charge in [0.15, 0.2) is 12.4 Å². The number of carbonyl (C=O) groups is 1. The van der Waals surface area contributed by atoms with Crippen molar-refractivity contribution in [2.75, 3.05) is 6.61 Å². The van der Waals surface area contributed by atoms with Crippen LogP contribution in [0, 0.1) is 0 Å². The SMILES string of the molecule is O=C(O)COc1cccc(CN(Cc2ccc(-c3ncccn3)cc2)S(=O)(=O)c2cccnc2)c1. The van der Waals surface area contributed by atoms with E-state index in [4.69, 9.17) is 9.84 Å². The zero-order valence-electron chi connectivity index (χ0n) is 18.6. The number of carboxylic acid groups (broad SMARTS) is 1. The van der Waals surface area contributed by atoms with Gasteiger partial charge < -0.3 is 9.84 Å². The number of nitrogens with zero attached hydrogens (tertiary/aromatic N) is 4. The number of benzene rings is 2. The lowest BCUT2D eigenvalue weighted by molar-refractivity contribution is -0.139. The van der Waals surface area contributed by atoms with E-state index in [0.717, 1.165) is 11.1 Å². The van der Waals surface area contributed by atoms with E-state index in [1.54, 1.807) is 48.8 Å². The number of hydrogen-bond acceptors (Lipinski definition) is 7. The maximum absolute atomic E-state index is 13.5. The summed E-state index contributed by atoms with van der Waals surface area (Å²) in [5.41, 5.74) is 2.24. The minimum Gasteiger partial charge on any atom is -0.482 e. The molecule has 1 N–H and O–H groups in total. The van der Waals surface area contributed by atoms with E-state index in [1.807, 2.05) is 24.3 Å². The number of hydrogen-bond donors (Lipinski definition) is 1. The molecule has 0 aliphatic heterocycles. The molecule has 10 heteroatoms. The Labute approximate surface area is 202 Å². The van der Waals surface area contributed by atoms with Gasteiger partial charge in [-0.15, -0.1) is 0 Å². The van der Waals surface area contributed by atoms with Crippen LogP contribution in [0.3, 0.4) is 0 Å². The molecule has 0 unspecified atom stereocenters. The normalized spacial score (nSPS) is 11.3. The molecule has 0 spiro atoms. The minimum atomic E-state index is -3.89. The predicted octanol–water partition coefficient (Wildman–Crippen LogP) is 3.39. The third-order valence-electron chi connectivity index (χ3n) is 5.03. The first-order chi connectivity index (χ1) is 16.9. The first-order valence-electron chi connectivity index (χ1n) is 10.6. The highest BCUT2D eigenvalue weighted by Crippen LogP contribution is 2.23. The first kappa shape index (κ1) is 24.0. The van der Waals surface area contributed by atoms with Crippen molar-refractivity contribution in [1.82, 2.24) is 19.3 Å². The highest BCUT2D eigenvalue weighted by Gasteiger charge is 2.25. The van der Waals surface area contributed by atoms with Crippen LogP contribution in [0.5, 0.6) is 5.75 Å². The van der Waals surface area contributed by atoms with E-state index in [2.05, 4.69) is 15.0 Å². The Hall–Kier alpha value is -4.15. The molecule has 4 aromatic rings. The van der Waals surface area contributed by atoms with Crippen LogP contribution in [0.2, 0.25) is 0 Å². The number of aliphatic carboxylic acids is 1. The Balaban J connectivity index is 1.61. The van der Waals surface area contributed by atoms with Gasteiger partial charge >= 0.3 is 5.97 Å². The third kappa shape index (κ3) is 6.25. The van der Waals surface area contributed by atoms with Crippen molar-refractivity contribution in [3.05, 3.63) is 103 Å². The van der Waals surface area contributed by atoms with Crippen LogP contribution in [-0.2, 0) is 27.9 Å². The number of aromatic nitrogens is 3. The van der Waals surface area contributed by atoms with E-state index < -0.39 is 22.6 Å². The van der Waals surface area contributed by atoms with Gasteiger partial charge in [-0.1, -0.05) is 36.4 Å². The van der Waals surface area contributed by atoms with Gasteiger partial charge in [0.05, 0.1) is 0 Å². The molecule has 0 radical (unpaired) electrons. The van der Waals surface area contributed by atoms with Gasteiger partial charge in [0.1, 0.15) is 10.6 Å². The van der Waals surface area contributed by atoms with Crippen LogP contribution < -0.4 is 4.74 Å². The quantitative estimate of drug-likeness (QED) is 0.359. The van der Waals surface area contributed by atoms with E-state index in [0.29, 0.717) is 17.1 Å². The number of pyridine rings is 1. The summed E-state index contributed by atoms with van der Waals surface area (Å²) in [5.74, 6) is -0.173. The van der Waals surface area contributed by atoms with Crippen molar-refractivity contribution < 1.29 is 23.1 Å². The summed E-state index contributed by atoms with van der Waals surface area (Å²) in [6.07, 6.45) is 6.14. The molecule has 2 aromatic carbocycles. The Morgan fingerprint density at radius 3 is 2.31 bits per heavy atom. The lowest BCUT2D eigenvalue weighted by atomic mass is 10.1. The molecule has 0 saturated carbocycles. The fourth-order valence-electron chi connectivity index (χ4n) is 3.37. The summed E-state index contributed by atoms with van der Waals surface area (Å²) in [7, 11) is -3.89. The first-order valence-corrected chi connectivity index (χ1v) is 12.1. The Bertz CT molecular complexity index is 1380. The van der Waals surface area contributed by atoms with Gasteiger partial charge in [-0.3, -0.25) is 4.98 Å². The monoisotopic (exact) mass is 490 g/mol. The second kappa shape index (κ2) is 10.9. The van der Waals surface area contributed by atoms with Crippen molar-refractivity contribution in [2.24, 2.45) is 0 Å². The zero-order chi connectivity index (χ0) is 24.7. The van der Waals surface area contributed by atoms with E-state index in [-0.39, 0.29) is 18.0 Å². The van der Waals surface area contributed by atoms with Crippen molar-refractivity contribution in [1.29, 1.82) is 0 Å². The van der Waals surface area contributed by atoms with Gasteiger partial charge in [0.25, 0.3) is 0 Å². The fraction of sp³-hybridized carbons (Fsp3) is 0.120. The van der Waals surface area contributed by atoms with Gasteiger partial charge in [-0.05, 0) is 41.5 Å². The van der Waals surface area contributed by atoms with Gasteiger partial charge in [0.2, 0.25) is 10.0 Å². The summed E-state index contributed by atoms with van der Waals surface area (Å²) >= 11 is 0. The van der Waals surface area contributed by atoms with Gasteiger partial charge in [0, 0.05) is 43.4 Å². The van der Waals surface area contributed by atoms with Crippen LogP contribution in [0.4, 0.5) is 0 Å². The summed E-state index contributed by atoms with van der Waals surface area (Å²) in [5, 5.41) is 8.85. The number of ether oxygens (including phenoxy) is 1. The lowest BCUT2D eigenvalue weighted by Crippen LogP contribution is -2.30. The summed E-state index contributed by atoms with van der Waals surface area (Å²) in [4.78, 5) is 23.3. The second-order valence-corrected chi connectivity index (χ2v) is 9.50. The Morgan fingerprint density at radius 2 is 1.63 bits per heavy atom. The molecular weight excluding hydrogens is 468 g/mol. The zero-order valence-corrected chi connectivity index (χ0v) is 19.4. The van der Waals surface area contributed by atoms with Gasteiger partial charge in [-0.25, -0.2) is 23.2 Å². The fourth-order valence-corrected chi connectivity index (χ4v) is 4.75. The highest BCUT2D eigenvalue weighted by molar-refractivity contribution is 7.89. The number of rotatable bonds is 10. The average Bonchev–Trinajstić information content (AvgIpc) is 2.89. The molecule has 2 aromatic heterocycles. The van der Waals surface area contributed by atoms with Crippen LogP contribution in [-0.4, -0.2) is 45.4 Å². The molecule has 9 nitrogen and oxygen atoms in total. The minimum absolute atomic E-state index is 0.0467.